The largest absolute Gasteiger partial charge is 0.463 e. The standard InChI is InChI=1S/C45H57N9O5/c1-2-3-26-58-43-51-40(47)39-41(52-43)54(44(56)50-39)28-32-17-15-31(16-18-32)27-53-24-20-30(21-25-53)19-23-48-42(55)38(46)14-8-9-22-49-45(57)59-29-37-35-12-6-4-10-33(35)34-11-5-7-13-36(34)37/h4-7,10-13,15-18,30,37-38H,2-3,8-9,14,19-29,46H2,1H3,(H,48,55)(H,49,57)(H,50,56)(H2,47,51,52)/t38-/m0/s1. The molecule has 1 aliphatic heterocycles. The van der Waals surface area contributed by atoms with Crippen LogP contribution in [0.3, 0.4) is 0 Å². The summed E-state index contributed by atoms with van der Waals surface area (Å²) in [7, 11) is 0. The molecule has 1 saturated heterocycles. The van der Waals surface area contributed by atoms with Gasteiger partial charge in [0.15, 0.2) is 11.5 Å². The van der Waals surface area contributed by atoms with Gasteiger partial charge < -0.3 is 36.6 Å². The predicted molar refractivity (Wildman–Crippen MR) is 229 cm³/mol. The molecule has 1 aliphatic carbocycles. The number of carbonyl (C=O) groups is 2. The van der Waals surface area contributed by atoms with Crippen molar-refractivity contribution in [2.24, 2.45) is 11.7 Å². The normalized spacial score (nSPS) is 14.8. The first-order chi connectivity index (χ1) is 28.8. The maximum Gasteiger partial charge on any atom is 0.407 e. The third-order valence-electron chi connectivity index (χ3n) is 11.6. The number of aromatic nitrogens is 4. The van der Waals surface area contributed by atoms with Crippen LogP contribution < -0.4 is 32.5 Å². The number of carbonyl (C=O) groups excluding carboxylic acids is 2. The summed E-state index contributed by atoms with van der Waals surface area (Å²) in [6.45, 7) is 7.13. The molecule has 7 rings (SSSR count). The zero-order valence-corrected chi connectivity index (χ0v) is 34.0. The van der Waals surface area contributed by atoms with Gasteiger partial charge >= 0.3 is 17.8 Å². The van der Waals surface area contributed by atoms with E-state index < -0.39 is 12.1 Å². The summed E-state index contributed by atoms with van der Waals surface area (Å²) in [5.41, 5.74) is 19.8. The highest BCUT2D eigenvalue weighted by atomic mass is 16.5. The SMILES string of the molecule is CCCCOc1nc(N)c2[nH]c(=O)n(Cc3ccc(CN4CCC(CCNC(=O)[C@@H](N)CCCCNC(=O)OCC5c6ccccc6-c6ccccc65)CC4)cc3)c2n1. The molecule has 2 aliphatic rings. The van der Waals surface area contributed by atoms with Gasteiger partial charge in [-0.1, -0.05) is 86.1 Å². The highest BCUT2D eigenvalue weighted by Crippen LogP contribution is 2.44. The molecule has 7 N–H and O–H groups in total. The fourth-order valence-electron chi connectivity index (χ4n) is 8.16. The molecule has 59 heavy (non-hydrogen) atoms. The van der Waals surface area contributed by atoms with Crippen molar-refractivity contribution in [2.75, 3.05) is 45.1 Å². The average molecular weight is 804 g/mol. The van der Waals surface area contributed by atoms with Crippen LogP contribution in [0.1, 0.15) is 86.5 Å². The first kappa shape index (κ1) is 41.4. The Morgan fingerprint density at radius 2 is 1.56 bits per heavy atom. The minimum Gasteiger partial charge on any atom is -0.463 e. The number of aromatic amines is 1. The number of amides is 2. The average Bonchev–Trinajstić information content (AvgIpc) is 3.74. The third kappa shape index (κ3) is 10.5. The van der Waals surface area contributed by atoms with Crippen molar-refractivity contribution in [2.45, 2.75) is 83.3 Å². The van der Waals surface area contributed by atoms with E-state index >= 15 is 0 Å². The van der Waals surface area contributed by atoms with Crippen LogP contribution >= 0.6 is 0 Å². The van der Waals surface area contributed by atoms with Crippen LogP contribution in [0.25, 0.3) is 22.3 Å². The summed E-state index contributed by atoms with van der Waals surface area (Å²) in [4.78, 5) is 51.9. The van der Waals surface area contributed by atoms with Crippen molar-refractivity contribution < 1.29 is 19.1 Å². The first-order valence-electron chi connectivity index (χ1n) is 21.1. The zero-order chi connectivity index (χ0) is 41.1. The van der Waals surface area contributed by atoms with E-state index in [1.54, 1.807) is 4.57 Å². The molecule has 0 radical (unpaired) electrons. The maximum absolute atomic E-state index is 12.8. The van der Waals surface area contributed by atoms with Crippen LogP contribution in [-0.4, -0.2) is 81.9 Å². The number of anilines is 1. The molecule has 3 aromatic carbocycles. The molecule has 312 valence electrons. The molecule has 1 fully saturated rings. The zero-order valence-electron chi connectivity index (χ0n) is 34.0. The molecule has 14 heteroatoms. The van der Waals surface area contributed by atoms with Crippen molar-refractivity contribution >= 4 is 29.0 Å². The van der Waals surface area contributed by atoms with E-state index in [0.717, 1.165) is 63.7 Å². The maximum atomic E-state index is 12.8. The second kappa shape index (κ2) is 19.8. The molecule has 14 nitrogen and oxygen atoms in total. The van der Waals surface area contributed by atoms with Gasteiger partial charge in [-0.2, -0.15) is 9.97 Å². The van der Waals surface area contributed by atoms with E-state index in [1.165, 1.54) is 27.8 Å². The molecule has 0 unspecified atom stereocenters. The van der Waals surface area contributed by atoms with Crippen molar-refractivity contribution in [1.82, 2.24) is 35.1 Å². The molecule has 2 aromatic heterocycles. The highest BCUT2D eigenvalue weighted by Gasteiger charge is 2.29. The molecule has 0 saturated carbocycles. The van der Waals surface area contributed by atoms with E-state index in [1.807, 2.05) is 36.4 Å². The third-order valence-corrected chi connectivity index (χ3v) is 11.6. The minimum atomic E-state index is -0.573. The quantitative estimate of drug-likeness (QED) is 0.0648. The summed E-state index contributed by atoms with van der Waals surface area (Å²) >= 11 is 0. The molecule has 0 bridgehead atoms. The molecular formula is C45H57N9O5. The second-order valence-corrected chi connectivity index (χ2v) is 15.8. The number of nitrogens with one attached hydrogen (secondary N) is 3. The fraction of sp³-hybridized carbons (Fsp3) is 0.444. The van der Waals surface area contributed by atoms with Gasteiger partial charge in [0.1, 0.15) is 12.1 Å². The lowest BCUT2D eigenvalue weighted by atomic mass is 9.93. The van der Waals surface area contributed by atoms with Gasteiger partial charge in [0.25, 0.3) is 0 Å². The molecule has 1 atom stereocenters. The van der Waals surface area contributed by atoms with Gasteiger partial charge in [-0.25, -0.2) is 9.59 Å². The summed E-state index contributed by atoms with van der Waals surface area (Å²) in [5.74, 6) is 0.646. The summed E-state index contributed by atoms with van der Waals surface area (Å²) in [5, 5.41) is 5.88. The number of H-pyrrole nitrogens is 1. The van der Waals surface area contributed by atoms with Crippen molar-refractivity contribution in [3.8, 4) is 17.1 Å². The summed E-state index contributed by atoms with van der Waals surface area (Å²) in [6, 6.07) is 24.5. The van der Waals surface area contributed by atoms with Crippen molar-refractivity contribution in [1.29, 1.82) is 0 Å². The van der Waals surface area contributed by atoms with Gasteiger partial charge in [0.05, 0.1) is 19.2 Å². The molecule has 5 aromatic rings. The molecule has 3 heterocycles. The number of ether oxygens (including phenoxy) is 2. The lowest BCUT2D eigenvalue weighted by Gasteiger charge is -2.32. The number of hydrogen-bond donors (Lipinski definition) is 5. The van der Waals surface area contributed by atoms with E-state index in [-0.39, 0.29) is 36.0 Å². The number of imidazole rings is 1. The smallest absolute Gasteiger partial charge is 0.407 e. The molecule has 0 spiro atoms. The topological polar surface area (TPSA) is 196 Å². The minimum absolute atomic E-state index is 0.0247. The Bertz CT molecular complexity index is 2200. The van der Waals surface area contributed by atoms with E-state index in [4.69, 9.17) is 20.9 Å². The Hall–Kier alpha value is -5.73. The van der Waals surface area contributed by atoms with Crippen molar-refractivity contribution in [3.63, 3.8) is 0 Å². The predicted octanol–water partition coefficient (Wildman–Crippen LogP) is 5.68. The van der Waals surface area contributed by atoms with Gasteiger partial charge in [0, 0.05) is 25.6 Å². The van der Waals surface area contributed by atoms with Gasteiger partial charge in [0.2, 0.25) is 5.91 Å². The monoisotopic (exact) mass is 803 g/mol. The number of nitrogens with zero attached hydrogens (tertiary/aromatic N) is 4. The number of benzene rings is 3. The number of nitrogens with two attached hydrogens (primary N) is 2. The van der Waals surface area contributed by atoms with Gasteiger partial charge in [-0.05, 0) is 97.3 Å². The Balaban J connectivity index is 0.749. The number of rotatable bonds is 19. The number of fused-ring (bicyclic) bond motifs is 4. The Labute approximate surface area is 345 Å². The van der Waals surface area contributed by atoms with Crippen LogP contribution in [0.4, 0.5) is 10.6 Å². The second-order valence-electron chi connectivity index (χ2n) is 15.8. The van der Waals surface area contributed by atoms with E-state index in [9.17, 15) is 14.4 Å². The lowest BCUT2D eigenvalue weighted by Crippen LogP contribution is -2.42. The van der Waals surface area contributed by atoms with Crippen LogP contribution in [0.2, 0.25) is 0 Å². The number of alkyl carbamates (subject to hydrolysis) is 1. The number of nitrogen functional groups attached to an aromatic ring is 1. The van der Waals surface area contributed by atoms with Crippen LogP contribution in [0.5, 0.6) is 6.01 Å². The van der Waals surface area contributed by atoms with Gasteiger partial charge in [-0.3, -0.25) is 14.3 Å². The van der Waals surface area contributed by atoms with Crippen LogP contribution in [0.15, 0.2) is 77.6 Å². The Morgan fingerprint density at radius 1 is 0.881 bits per heavy atom. The Kier molecular flexibility index (Phi) is 13.9. The van der Waals surface area contributed by atoms with E-state index in [0.29, 0.717) is 56.2 Å². The lowest BCUT2D eigenvalue weighted by molar-refractivity contribution is -0.122. The fourth-order valence-corrected chi connectivity index (χ4v) is 8.16. The number of likely N-dealkylation sites (tertiary alicyclic amines) is 1. The number of piperidine rings is 1. The van der Waals surface area contributed by atoms with Crippen LogP contribution in [-0.2, 0) is 22.6 Å². The van der Waals surface area contributed by atoms with Crippen molar-refractivity contribution in [3.05, 3.63) is 106 Å². The number of hydrogen-bond acceptors (Lipinski definition) is 10. The highest BCUT2D eigenvalue weighted by molar-refractivity contribution is 5.82. The Morgan fingerprint density at radius 3 is 2.25 bits per heavy atom. The number of unbranched alkanes of at least 4 members (excludes halogenated alkanes) is 2. The molecular weight excluding hydrogens is 747 g/mol. The van der Waals surface area contributed by atoms with E-state index in [2.05, 4.69) is 73.8 Å². The summed E-state index contributed by atoms with van der Waals surface area (Å²) in [6.07, 6.45) is 6.51. The summed E-state index contributed by atoms with van der Waals surface area (Å²) < 4.78 is 12.8. The van der Waals surface area contributed by atoms with Crippen LogP contribution in [0, 0.1) is 5.92 Å². The first-order valence-corrected chi connectivity index (χ1v) is 21.1. The van der Waals surface area contributed by atoms with Gasteiger partial charge in [-0.15, -0.1) is 0 Å². The molecule has 2 amide bonds.